The van der Waals surface area contributed by atoms with E-state index in [9.17, 15) is 9.59 Å². The second-order valence-corrected chi connectivity index (χ2v) is 6.36. The Morgan fingerprint density at radius 1 is 0.762 bits per heavy atom. The molecule has 0 N–H and O–H groups in total. The first-order chi connectivity index (χ1) is 10.2. The van der Waals surface area contributed by atoms with Crippen molar-refractivity contribution < 1.29 is 9.59 Å². The summed E-state index contributed by atoms with van der Waals surface area (Å²) >= 11 is 0. The summed E-state index contributed by atoms with van der Waals surface area (Å²) in [6.07, 6.45) is 12.6. The lowest BCUT2D eigenvalue weighted by Gasteiger charge is -2.31. The molecule has 2 saturated carbocycles. The van der Waals surface area contributed by atoms with E-state index in [2.05, 4.69) is 10.2 Å². The maximum atomic E-state index is 11.7. The number of carbonyl (C=O) groups excluding carboxylic acids is 2. The second kappa shape index (κ2) is 6.50. The first-order valence-corrected chi connectivity index (χ1v) is 8.19. The fraction of sp³-hybridized carbons (Fsp3) is 0.750. The van der Waals surface area contributed by atoms with Crippen molar-refractivity contribution in [3.8, 4) is 0 Å². The molecule has 114 valence electrons. The number of carbonyl (C=O) groups is 2. The van der Waals surface area contributed by atoms with Gasteiger partial charge in [0, 0.05) is 18.2 Å². The van der Waals surface area contributed by atoms with Gasteiger partial charge in [-0.1, -0.05) is 19.3 Å². The summed E-state index contributed by atoms with van der Waals surface area (Å²) in [7, 11) is 0. The molecular weight excluding hydrogens is 266 g/mol. The predicted molar refractivity (Wildman–Crippen MR) is 78.8 cm³/mol. The molecule has 3 aliphatic rings. The van der Waals surface area contributed by atoms with Crippen molar-refractivity contribution in [2.75, 3.05) is 0 Å². The molecule has 0 saturated heterocycles. The highest BCUT2D eigenvalue weighted by Gasteiger charge is 2.34. The van der Waals surface area contributed by atoms with Crippen LogP contribution in [0, 0.1) is 0 Å². The number of nitrogens with zero attached hydrogens (tertiary/aromatic N) is 3. The van der Waals surface area contributed by atoms with Gasteiger partial charge in [-0.2, -0.15) is 10.2 Å². The molecule has 0 aromatic rings. The Bertz CT molecular complexity index is 440. The van der Waals surface area contributed by atoms with Crippen molar-refractivity contribution in [2.24, 2.45) is 10.2 Å². The van der Waals surface area contributed by atoms with Gasteiger partial charge >= 0.3 is 0 Å². The quantitative estimate of drug-likeness (QED) is 0.592. The van der Waals surface area contributed by atoms with Crippen molar-refractivity contribution in [2.45, 2.75) is 75.9 Å². The Hall–Kier alpha value is -1.52. The topological polar surface area (TPSA) is 62.1 Å². The number of azo groups is 1. The average Bonchev–Trinajstić information content (AvgIpc) is 2.86. The molecule has 0 radical (unpaired) electrons. The minimum atomic E-state index is -0.160. The van der Waals surface area contributed by atoms with Crippen LogP contribution in [0.5, 0.6) is 0 Å². The molecule has 0 aromatic heterocycles. The van der Waals surface area contributed by atoms with E-state index in [-0.39, 0.29) is 23.9 Å². The minimum Gasteiger partial charge on any atom is -0.272 e. The molecular formula is C16H23N3O2. The van der Waals surface area contributed by atoms with Crippen LogP contribution in [-0.4, -0.2) is 34.8 Å². The molecule has 0 bridgehead atoms. The first kappa shape index (κ1) is 14.4. The highest BCUT2D eigenvalue weighted by Crippen LogP contribution is 2.28. The fourth-order valence-corrected chi connectivity index (χ4v) is 3.59. The van der Waals surface area contributed by atoms with Gasteiger partial charge in [0.2, 0.25) is 0 Å². The molecule has 0 atom stereocenters. The molecule has 1 aliphatic heterocycles. The number of amides is 2. The molecule has 2 amide bonds. The zero-order valence-electron chi connectivity index (χ0n) is 12.4. The van der Waals surface area contributed by atoms with E-state index in [0.29, 0.717) is 6.04 Å². The Morgan fingerprint density at radius 3 is 1.86 bits per heavy atom. The van der Waals surface area contributed by atoms with E-state index in [4.69, 9.17) is 0 Å². The van der Waals surface area contributed by atoms with Crippen LogP contribution in [0.15, 0.2) is 22.4 Å². The summed E-state index contributed by atoms with van der Waals surface area (Å²) in [5.41, 5.74) is 0. The third-order valence-corrected chi connectivity index (χ3v) is 4.84. The lowest BCUT2D eigenvalue weighted by Crippen LogP contribution is -2.42. The summed E-state index contributed by atoms with van der Waals surface area (Å²) in [5, 5.41) is 9.05. The molecule has 5 nitrogen and oxygen atoms in total. The largest absolute Gasteiger partial charge is 0.272 e. The van der Waals surface area contributed by atoms with Gasteiger partial charge in [0.1, 0.15) is 0 Å². The van der Waals surface area contributed by atoms with E-state index in [1.54, 1.807) is 0 Å². The SMILES string of the molecule is O=C1C=CC(=O)N1C1CCC(N=NC2CCCCC2)CC1. The molecule has 3 rings (SSSR count). The molecule has 1 heterocycles. The van der Waals surface area contributed by atoms with Gasteiger partial charge in [0.25, 0.3) is 11.8 Å². The predicted octanol–water partition coefficient (Wildman–Crippen LogP) is 3.01. The number of imide groups is 1. The zero-order chi connectivity index (χ0) is 14.7. The minimum absolute atomic E-state index is 0.0566. The normalized spacial score (nSPS) is 31.5. The summed E-state index contributed by atoms with van der Waals surface area (Å²) in [6.45, 7) is 0. The standard InChI is InChI=1S/C16H23N3O2/c20-15-10-11-16(21)19(15)14-8-6-13(7-9-14)18-17-12-4-2-1-3-5-12/h10-14H,1-9H2. The van der Waals surface area contributed by atoms with E-state index >= 15 is 0 Å². The maximum Gasteiger partial charge on any atom is 0.253 e. The van der Waals surface area contributed by atoms with E-state index in [1.807, 2.05) is 0 Å². The molecule has 2 fully saturated rings. The van der Waals surface area contributed by atoms with Gasteiger partial charge < -0.3 is 0 Å². The van der Waals surface area contributed by atoms with Crippen molar-refractivity contribution in [1.82, 2.24) is 4.90 Å². The van der Waals surface area contributed by atoms with Crippen LogP contribution in [0.4, 0.5) is 0 Å². The Morgan fingerprint density at radius 2 is 1.29 bits per heavy atom. The molecule has 0 unspecified atom stereocenters. The van der Waals surface area contributed by atoms with Crippen molar-refractivity contribution >= 4 is 11.8 Å². The third-order valence-electron chi connectivity index (χ3n) is 4.84. The Labute approximate surface area is 125 Å². The molecule has 5 heteroatoms. The van der Waals surface area contributed by atoms with E-state index in [0.717, 1.165) is 25.7 Å². The summed E-state index contributed by atoms with van der Waals surface area (Å²) in [6, 6.07) is 0.771. The van der Waals surface area contributed by atoms with Crippen molar-refractivity contribution in [3.05, 3.63) is 12.2 Å². The van der Waals surface area contributed by atoms with E-state index < -0.39 is 0 Å². The van der Waals surface area contributed by atoms with Crippen molar-refractivity contribution in [1.29, 1.82) is 0 Å². The second-order valence-electron chi connectivity index (χ2n) is 6.36. The van der Waals surface area contributed by atoms with Crippen molar-refractivity contribution in [3.63, 3.8) is 0 Å². The zero-order valence-corrected chi connectivity index (χ0v) is 12.4. The highest BCUT2D eigenvalue weighted by molar-refractivity contribution is 6.13. The Balaban J connectivity index is 1.47. The van der Waals surface area contributed by atoms with Gasteiger partial charge in [-0.3, -0.25) is 14.5 Å². The third kappa shape index (κ3) is 3.39. The average molecular weight is 289 g/mol. The van der Waals surface area contributed by atoms with Gasteiger partial charge in [0.15, 0.2) is 0 Å². The molecule has 2 aliphatic carbocycles. The smallest absolute Gasteiger partial charge is 0.253 e. The Kier molecular flexibility index (Phi) is 4.46. The monoisotopic (exact) mass is 289 g/mol. The number of rotatable bonds is 3. The lowest BCUT2D eigenvalue weighted by molar-refractivity contribution is -0.140. The van der Waals surface area contributed by atoms with E-state index in [1.165, 1.54) is 49.2 Å². The number of hydrogen-bond acceptors (Lipinski definition) is 4. The first-order valence-electron chi connectivity index (χ1n) is 8.19. The van der Waals surface area contributed by atoms with Crippen LogP contribution in [-0.2, 0) is 9.59 Å². The van der Waals surface area contributed by atoms with Crippen LogP contribution in [0.25, 0.3) is 0 Å². The van der Waals surface area contributed by atoms with Crippen LogP contribution in [0.1, 0.15) is 57.8 Å². The number of hydrogen-bond donors (Lipinski definition) is 0. The van der Waals surface area contributed by atoms with Gasteiger partial charge in [-0.15, -0.1) is 0 Å². The van der Waals surface area contributed by atoms with Crippen LogP contribution in [0.3, 0.4) is 0 Å². The van der Waals surface area contributed by atoms with Crippen LogP contribution >= 0.6 is 0 Å². The summed E-state index contributed by atoms with van der Waals surface area (Å²) in [5.74, 6) is -0.320. The molecule has 0 aromatic carbocycles. The maximum absolute atomic E-state index is 11.7. The highest BCUT2D eigenvalue weighted by atomic mass is 16.2. The molecule has 0 spiro atoms. The summed E-state index contributed by atoms with van der Waals surface area (Å²) < 4.78 is 0. The molecule has 21 heavy (non-hydrogen) atoms. The van der Waals surface area contributed by atoms with Crippen LogP contribution in [0.2, 0.25) is 0 Å². The van der Waals surface area contributed by atoms with Crippen LogP contribution < -0.4 is 0 Å². The van der Waals surface area contributed by atoms with Gasteiger partial charge in [-0.25, -0.2) is 0 Å². The fourth-order valence-electron chi connectivity index (χ4n) is 3.59. The van der Waals surface area contributed by atoms with Gasteiger partial charge in [-0.05, 0) is 38.5 Å². The summed E-state index contributed by atoms with van der Waals surface area (Å²) in [4.78, 5) is 24.8. The lowest BCUT2D eigenvalue weighted by atomic mass is 9.90. The van der Waals surface area contributed by atoms with Gasteiger partial charge in [0.05, 0.1) is 12.1 Å².